The molecule has 5 heteroatoms. The average molecular weight is 267 g/mol. The van der Waals surface area contributed by atoms with Gasteiger partial charge in [0, 0.05) is 19.0 Å². The van der Waals surface area contributed by atoms with Gasteiger partial charge in [0.25, 0.3) is 0 Å². The van der Waals surface area contributed by atoms with Crippen LogP contribution in [0, 0.1) is 0 Å². The Morgan fingerprint density at radius 3 is 2.78 bits per heavy atom. The lowest BCUT2D eigenvalue weighted by molar-refractivity contribution is 0.0454. The van der Waals surface area contributed by atoms with E-state index in [1.807, 2.05) is 0 Å². The fourth-order valence-electron chi connectivity index (χ4n) is 1.67. The molecular formula is C13H21N3OS. The highest BCUT2D eigenvalue weighted by Gasteiger charge is 2.20. The van der Waals surface area contributed by atoms with E-state index in [2.05, 4.69) is 35.2 Å². The maximum atomic E-state index is 5.20. The number of nitrogens with zero attached hydrogens (tertiary/aromatic N) is 2. The molecule has 1 aliphatic rings. The zero-order valence-electron chi connectivity index (χ0n) is 11.1. The van der Waals surface area contributed by atoms with Crippen molar-refractivity contribution in [3.05, 3.63) is 11.9 Å². The molecule has 0 spiro atoms. The first-order chi connectivity index (χ1) is 8.81. The zero-order valence-corrected chi connectivity index (χ0v) is 11.9. The third-order valence-electron chi connectivity index (χ3n) is 2.67. The van der Waals surface area contributed by atoms with E-state index in [1.165, 1.54) is 0 Å². The van der Waals surface area contributed by atoms with Gasteiger partial charge in [0.15, 0.2) is 0 Å². The van der Waals surface area contributed by atoms with Gasteiger partial charge in [0.05, 0.1) is 18.5 Å². The normalized spacial score (nSPS) is 15.4. The number of nitrogens with one attached hydrogen (secondary N) is 1. The van der Waals surface area contributed by atoms with Crippen LogP contribution in [-0.4, -0.2) is 35.0 Å². The van der Waals surface area contributed by atoms with Crippen LogP contribution in [0.2, 0.25) is 0 Å². The van der Waals surface area contributed by atoms with Crippen LogP contribution in [0.4, 0.5) is 5.82 Å². The minimum Gasteiger partial charge on any atom is -0.379 e. The summed E-state index contributed by atoms with van der Waals surface area (Å²) in [5.41, 5.74) is 0. The third-order valence-corrected chi connectivity index (χ3v) is 3.73. The summed E-state index contributed by atoms with van der Waals surface area (Å²) >= 11 is 1.80. The van der Waals surface area contributed by atoms with Crippen molar-refractivity contribution in [1.29, 1.82) is 0 Å². The summed E-state index contributed by atoms with van der Waals surface area (Å²) in [7, 11) is 0. The van der Waals surface area contributed by atoms with Crippen molar-refractivity contribution in [2.24, 2.45) is 0 Å². The van der Waals surface area contributed by atoms with Crippen LogP contribution in [0.25, 0.3) is 0 Å². The first-order valence-corrected chi connectivity index (χ1v) is 7.56. The molecular weight excluding hydrogens is 246 g/mol. The van der Waals surface area contributed by atoms with Gasteiger partial charge in [-0.3, -0.25) is 0 Å². The third kappa shape index (κ3) is 3.85. The lowest BCUT2D eigenvalue weighted by Gasteiger charge is -2.24. The molecule has 0 bridgehead atoms. The van der Waals surface area contributed by atoms with Crippen LogP contribution in [0.1, 0.15) is 32.5 Å². The minimum absolute atomic E-state index is 0.563. The van der Waals surface area contributed by atoms with Crippen LogP contribution in [0.3, 0.4) is 0 Å². The smallest absolute Gasteiger partial charge is 0.132 e. The summed E-state index contributed by atoms with van der Waals surface area (Å²) < 4.78 is 5.20. The molecule has 0 unspecified atom stereocenters. The molecule has 0 saturated carbocycles. The number of rotatable bonds is 7. The molecule has 0 amide bonds. The second-order valence-corrected chi connectivity index (χ2v) is 5.78. The van der Waals surface area contributed by atoms with E-state index in [0.717, 1.165) is 55.7 Å². The predicted octanol–water partition coefficient (Wildman–Crippen LogP) is 2.74. The number of ether oxygens (including phenoxy) is 1. The highest BCUT2D eigenvalue weighted by molar-refractivity contribution is 8.00. The lowest BCUT2D eigenvalue weighted by Crippen LogP contribution is -2.30. The van der Waals surface area contributed by atoms with E-state index in [0.29, 0.717) is 5.25 Å². The van der Waals surface area contributed by atoms with Crippen molar-refractivity contribution in [2.75, 3.05) is 25.1 Å². The second-order valence-electron chi connectivity index (χ2n) is 4.46. The van der Waals surface area contributed by atoms with Gasteiger partial charge in [0.2, 0.25) is 0 Å². The number of aromatic nitrogens is 2. The summed E-state index contributed by atoms with van der Waals surface area (Å²) in [4.78, 5) is 9.15. The van der Waals surface area contributed by atoms with Gasteiger partial charge in [-0.25, -0.2) is 9.97 Å². The quantitative estimate of drug-likeness (QED) is 0.770. The Bertz CT molecular complexity index is 382. The van der Waals surface area contributed by atoms with Crippen LogP contribution in [0.15, 0.2) is 11.1 Å². The maximum Gasteiger partial charge on any atom is 0.132 e. The number of aryl methyl sites for hydroxylation is 1. The molecule has 1 fully saturated rings. The molecule has 0 atom stereocenters. The maximum absolute atomic E-state index is 5.20. The number of anilines is 1. The minimum atomic E-state index is 0.563. The van der Waals surface area contributed by atoms with E-state index in [1.54, 1.807) is 11.8 Å². The predicted molar refractivity (Wildman–Crippen MR) is 75.3 cm³/mol. The Hall–Kier alpha value is -0.810. The highest BCUT2D eigenvalue weighted by Crippen LogP contribution is 2.27. The first-order valence-electron chi connectivity index (χ1n) is 6.68. The SMILES string of the molecule is CCCNc1cc(SC2COC2)nc(CCC)n1. The van der Waals surface area contributed by atoms with Crippen LogP contribution in [-0.2, 0) is 11.2 Å². The zero-order chi connectivity index (χ0) is 12.8. The standard InChI is InChI=1S/C13H21N3OS/c1-3-5-11-15-12(14-6-4-2)7-13(16-11)18-10-8-17-9-10/h7,10H,3-6,8-9H2,1-2H3,(H,14,15,16). The number of hydrogen-bond acceptors (Lipinski definition) is 5. The van der Waals surface area contributed by atoms with Gasteiger partial charge < -0.3 is 10.1 Å². The van der Waals surface area contributed by atoms with E-state index in [4.69, 9.17) is 4.74 Å². The Labute approximate surface area is 113 Å². The molecule has 4 nitrogen and oxygen atoms in total. The Morgan fingerprint density at radius 1 is 1.33 bits per heavy atom. The molecule has 100 valence electrons. The molecule has 18 heavy (non-hydrogen) atoms. The molecule has 0 aromatic carbocycles. The first kappa shape index (κ1) is 13.6. The van der Waals surface area contributed by atoms with Crippen LogP contribution < -0.4 is 5.32 Å². The number of thioether (sulfide) groups is 1. The fraction of sp³-hybridized carbons (Fsp3) is 0.692. The summed E-state index contributed by atoms with van der Waals surface area (Å²) in [6.45, 7) is 6.95. The Balaban J connectivity index is 2.07. The molecule has 1 saturated heterocycles. The molecule has 0 aliphatic carbocycles. The van der Waals surface area contributed by atoms with E-state index in [-0.39, 0.29) is 0 Å². The molecule has 1 aliphatic heterocycles. The van der Waals surface area contributed by atoms with Gasteiger partial charge in [-0.1, -0.05) is 25.6 Å². The Morgan fingerprint density at radius 2 is 2.17 bits per heavy atom. The van der Waals surface area contributed by atoms with Crippen LogP contribution >= 0.6 is 11.8 Å². The largest absolute Gasteiger partial charge is 0.379 e. The monoisotopic (exact) mass is 267 g/mol. The van der Waals surface area contributed by atoms with Gasteiger partial charge in [-0.05, 0) is 12.8 Å². The molecule has 1 aromatic heterocycles. The van der Waals surface area contributed by atoms with Crippen molar-refractivity contribution < 1.29 is 4.74 Å². The van der Waals surface area contributed by atoms with Crippen molar-refractivity contribution in [2.45, 2.75) is 43.4 Å². The summed E-state index contributed by atoms with van der Waals surface area (Å²) in [6, 6.07) is 2.05. The molecule has 1 aromatic rings. The van der Waals surface area contributed by atoms with Gasteiger partial charge in [0.1, 0.15) is 16.7 Å². The van der Waals surface area contributed by atoms with Gasteiger partial charge in [-0.2, -0.15) is 0 Å². The van der Waals surface area contributed by atoms with Crippen molar-refractivity contribution in [3.63, 3.8) is 0 Å². The van der Waals surface area contributed by atoms with E-state index in [9.17, 15) is 0 Å². The molecule has 0 radical (unpaired) electrons. The molecule has 2 heterocycles. The second kappa shape index (κ2) is 6.95. The van der Waals surface area contributed by atoms with Crippen molar-refractivity contribution >= 4 is 17.6 Å². The van der Waals surface area contributed by atoms with Gasteiger partial charge in [-0.15, -0.1) is 0 Å². The van der Waals surface area contributed by atoms with Crippen molar-refractivity contribution in [1.82, 2.24) is 9.97 Å². The lowest BCUT2D eigenvalue weighted by atomic mass is 10.3. The topological polar surface area (TPSA) is 47.0 Å². The van der Waals surface area contributed by atoms with E-state index >= 15 is 0 Å². The fourth-order valence-corrected chi connectivity index (χ4v) is 2.67. The number of hydrogen-bond donors (Lipinski definition) is 1. The highest BCUT2D eigenvalue weighted by atomic mass is 32.2. The van der Waals surface area contributed by atoms with Crippen molar-refractivity contribution in [3.8, 4) is 0 Å². The van der Waals surface area contributed by atoms with E-state index < -0.39 is 0 Å². The van der Waals surface area contributed by atoms with Crippen LogP contribution in [0.5, 0.6) is 0 Å². The summed E-state index contributed by atoms with van der Waals surface area (Å²) in [5.74, 6) is 1.90. The summed E-state index contributed by atoms with van der Waals surface area (Å²) in [5, 5.41) is 4.98. The van der Waals surface area contributed by atoms with Gasteiger partial charge >= 0.3 is 0 Å². The summed E-state index contributed by atoms with van der Waals surface area (Å²) in [6.07, 6.45) is 3.12. The molecule has 1 N–H and O–H groups in total. The average Bonchev–Trinajstić information content (AvgIpc) is 2.32. The Kier molecular flexibility index (Phi) is 5.26. The molecule has 2 rings (SSSR count).